The van der Waals surface area contributed by atoms with Gasteiger partial charge in [0.2, 0.25) is 0 Å². The van der Waals surface area contributed by atoms with E-state index >= 15 is 0 Å². The molecule has 2 nitrogen and oxygen atoms in total. The van der Waals surface area contributed by atoms with Gasteiger partial charge in [-0.05, 0) is 13.3 Å². The first kappa shape index (κ1) is 8.92. The van der Waals surface area contributed by atoms with Crippen LogP contribution in [0.5, 0.6) is 0 Å². The molecule has 0 heterocycles. The largest absolute Gasteiger partial charge is 0.379 e. The summed E-state index contributed by atoms with van der Waals surface area (Å²) in [5.41, 5.74) is 0. The van der Waals surface area contributed by atoms with Gasteiger partial charge in [0.1, 0.15) is 0 Å². The van der Waals surface area contributed by atoms with Gasteiger partial charge in [-0.1, -0.05) is 6.92 Å². The molecule has 0 spiro atoms. The van der Waals surface area contributed by atoms with Crippen molar-refractivity contribution in [2.45, 2.75) is 26.4 Å². The first-order valence-corrected chi connectivity index (χ1v) is 3.45. The van der Waals surface area contributed by atoms with Crippen LogP contribution < -0.4 is 0 Å². The molecule has 0 aromatic heterocycles. The molecule has 0 radical (unpaired) electrons. The summed E-state index contributed by atoms with van der Waals surface area (Å²) in [5.74, 6) is 0. The van der Waals surface area contributed by atoms with Crippen molar-refractivity contribution in [2.75, 3.05) is 20.3 Å². The van der Waals surface area contributed by atoms with Crippen LogP contribution in [0.15, 0.2) is 0 Å². The van der Waals surface area contributed by atoms with Crippen LogP contribution in [0.3, 0.4) is 0 Å². The van der Waals surface area contributed by atoms with Crippen molar-refractivity contribution in [3.05, 3.63) is 0 Å². The van der Waals surface area contributed by atoms with E-state index < -0.39 is 0 Å². The minimum Gasteiger partial charge on any atom is -0.379 e. The summed E-state index contributed by atoms with van der Waals surface area (Å²) in [4.78, 5) is 0. The smallest absolute Gasteiger partial charge is 0.0802 e. The van der Waals surface area contributed by atoms with E-state index in [1.807, 2.05) is 6.92 Å². The quantitative estimate of drug-likeness (QED) is 0.563. The summed E-state index contributed by atoms with van der Waals surface area (Å²) in [6, 6.07) is 0. The van der Waals surface area contributed by atoms with Gasteiger partial charge in [0.15, 0.2) is 0 Å². The van der Waals surface area contributed by atoms with Crippen LogP contribution in [0.1, 0.15) is 20.3 Å². The van der Waals surface area contributed by atoms with E-state index in [4.69, 9.17) is 9.47 Å². The van der Waals surface area contributed by atoms with Crippen molar-refractivity contribution in [2.24, 2.45) is 0 Å². The van der Waals surface area contributed by atoms with Gasteiger partial charge in [-0.3, -0.25) is 0 Å². The number of hydrogen-bond acceptors (Lipinski definition) is 2. The number of hydrogen-bond donors (Lipinski definition) is 0. The van der Waals surface area contributed by atoms with Crippen LogP contribution in [-0.2, 0) is 9.47 Å². The Morgan fingerprint density at radius 2 is 2.00 bits per heavy atom. The summed E-state index contributed by atoms with van der Waals surface area (Å²) in [7, 11) is 1.72. The lowest BCUT2D eigenvalue weighted by atomic mass is 10.3. The summed E-state index contributed by atoms with van der Waals surface area (Å²) in [6.07, 6.45) is 1.31. The maximum Gasteiger partial charge on any atom is 0.0802 e. The van der Waals surface area contributed by atoms with Crippen LogP contribution in [0, 0.1) is 0 Å². The molecular formula is C7H16O2. The predicted octanol–water partition coefficient (Wildman–Crippen LogP) is 1.45. The van der Waals surface area contributed by atoms with E-state index in [1.54, 1.807) is 7.11 Å². The molecule has 56 valence electrons. The Morgan fingerprint density at radius 3 is 2.33 bits per heavy atom. The van der Waals surface area contributed by atoms with Crippen LogP contribution in [0.4, 0.5) is 0 Å². The van der Waals surface area contributed by atoms with Gasteiger partial charge in [-0.25, -0.2) is 0 Å². The van der Waals surface area contributed by atoms with Gasteiger partial charge < -0.3 is 9.47 Å². The minimum atomic E-state index is 0.282. The standard InChI is InChI=1S/C7H16O2/c1-4-7(8-3)6-9-5-2/h7H,4-6H2,1-3H3. The average Bonchev–Trinajstić information content (AvgIpc) is 1.91. The molecule has 1 unspecified atom stereocenters. The Kier molecular flexibility index (Phi) is 5.99. The molecule has 0 aromatic rings. The molecular weight excluding hydrogens is 116 g/mol. The lowest BCUT2D eigenvalue weighted by Gasteiger charge is -2.11. The number of rotatable bonds is 5. The topological polar surface area (TPSA) is 18.5 Å². The van der Waals surface area contributed by atoms with Gasteiger partial charge in [0, 0.05) is 13.7 Å². The third-order valence-corrected chi connectivity index (χ3v) is 1.30. The van der Waals surface area contributed by atoms with E-state index in [9.17, 15) is 0 Å². The molecule has 0 aliphatic carbocycles. The van der Waals surface area contributed by atoms with Gasteiger partial charge in [-0.2, -0.15) is 0 Å². The van der Waals surface area contributed by atoms with E-state index in [1.165, 1.54) is 0 Å². The van der Waals surface area contributed by atoms with Crippen molar-refractivity contribution in [3.8, 4) is 0 Å². The molecule has 9 heavy (non-hydrogen) atoms. The van der Waals surface area contributed by atoms with Gasteiger partial charge in [-0.15, -0.1) is 0 Å². The lowest BCUT2D eigenvalue weighted by molar-refractivity contribution is 0.0111. The van der Waals surface area contributed by atoms with E-state index in [2.05, 4.69) is 6.92 Å². The zero-order valence-electron chi connectivity index (χ0n) is 6.52. The highest BCUT2D eigenvalue weighted by Gasteiger charge is 2.01. The first-order valence-electron chi connectivity index (χ1n) is 3.45. The molecule has 0 N–H and O–H groups in total. The molecule has 0 aromatic carbocycles. The number of ether oxygens (including phenoxy) is 2. The van der Waals surface area contributed by atoms with Crippen LogP contribution in [-0.4, -0.2) is 26.4 Å². The predicted molar refractivity (Wildman–Crippen MR) is 37.6 cm³/mol. The fourth-order valence-electron chi connectivity index (χ4n) is 0.602. The first-order chi connectivity index (χ1) is 4.35. The van der Waals surface area contributed by atoms with Gasteiger partial charge >= 0.3 is 0 Å². The SMILES string of the molecule is CCOCC(CC)OC. The Hall–Kier alpha value is -0.0800. The van der Waals surface area contributed by atoms with E-state index in [-0.39, 0.29) is 6.10 Å². The zero-order valence-corrected chi connectivity index (χ0v) is 6.52. The Labute approximate surface area is 57.2 Å². The molecule has 2 heteroatoms. The normalized spacial score (nSPS) is 13.7. The van der Waals surface area contributed by atoms with Crippen molar-refractivity contribution in [3.63, 3.8) is 0 Å². The van der Waals surface area contributed by atoms with Crippen molar-refractivity contribution in [1.29, 1.82) is 0 Å². The van der Waals surface area contributed by atoms with E-state index in [0.717, 1.165) is 19.6 Å². The zero-order chi connectivity index (χ0) is 7.11. The summed E-state index contributed by atoms with van der Waals surface area (Å²) >= 11 is 0. The number of methoxy groups -OCH3 is 1. The maximum absolute atomic E-state index is 5.15. The highest BCUT2D eigenvalue weighted by molar-refractivity contribution is 4.50. The summed E-state index contributed by atoms with van der Waals surface area (Å²) < 4.78 is 10.2. The highest BCUT2D eigenvalue weighted by atomic mass is 16.5. The second-order valence-corrected chi connectivity index (χ2v) is 1.93. The van der Waals surface area contributed by atoms with Crippen molar-refractivity contribution in [1.82, 2.24) is 0 Å². The van der Waals surface area contributed by atoms with Gasteiger partial charge in [0.25, 0.3) is 0 Å². The van der Waals surface area contributed by atoms with Crippen molar-refractivity contribution < 1.29 is 9.47 Å². The van der Waals surface area contributed by atoms with E-state index in [0.29, 0.717) is 0 Å². The molecule has 0 amide bonds. The molecule has 0 saturated heterocycles. The van der Waals surface area contributed by atoms with Crippen molar-refractivity contribution >= 4 is 0 Å². The minimum absolute atomic E-state index is 0.282. The molecule has 0 rings (SSSR count). The Morgan fingerprint density at radius 1 is 1.33 bits per heavy atom. The summed E-state index contributed by atoms with van der Waals surface area (Å²) in [6.45, 7) is 5.58. The third-order valence-electron chi connectivity index (χ3n) is 1.30. The fourth-order valence-corrected chi connectivity index (χ4v) is 0.602. The molecule has 0 aliphatic rings. The van der Waals surface area contributed by atoms with Crippen LogP contribution >= 0.6 is 0 Å². The monoisotopic (exact) mass is 132 g/mol. The second kappa shape index (κ2) is 6.05. The summed E-state index contributed by atoms with van der Waals surface area (Å²) in [5, 5.41) is 0. The van der Waals surface area contributed by atoms with Crippen LogP contribution in [0.25, 0.3) is 0 Å². The van der Waals surface area contributed by atoms with Crippen LogP contribution in [0.2, 0.25) is 0 Å². The molecule has 0 fully saturated rings. The maximum atomic E-state index is 5.15. The Bertz CT molecular complexity index is 50.9. The average molecular weight is 132 g/mol. The fraction of sp³-hybridized carbons (Fsp3) is 1.00. The molecule has 0 bridgehead atoms. The Balaban J connectivity index is 3.09. The molecule has 1 atom stereocenters. The second-order valence-electron chi connectivity index (χ2n) is 1.93. The lowest BCUT2D eigenvalue weighted by Crippen LogP contribution is -2.16. The third kappa shape index (κ3) is 4.43. The van der Waals surface area contributed by atoms with Gasteiger partial charge in [0.05, 0.1) is 12.7 Å². The molecule has 0 aliphatic heterocycles. The highest BCUT2D eigenvalue weighted by Crippen LogP contribution is 1.95. The molecule has 0 saturated carbocycles.